The van der Waals surface area contributed by atoms with Crippen molar-refractivity contribution in [1.29, 1.82) is 5.26 Å². The van der Waals surface area contributed by atoms with E-state index in [-0.39, 0.29) is 0 Å². The molecule has 0 atom stereocenters. The molecule has 0 aliphatic rings. The van der Waals surface area contributed by atoms with Crippen LogP contribution >= 0.6 is 0 Å². The number of hydrogen-bond acceptors (Lipinski definition) is 4. The molecule has 0 aliphatic carbocycles. The molecule has 0 saturated carbocycles. The van der Waals surface area contributed by atoms with Gasteiger partial charge in [-0.1, -0.05) is 27.7 Å². The quantitative estimate of drug-likeness (QED) is 0.755. The molecule has 1 aromatic rings. The van der Waals surface area contributed by atoms with E-state index in [0.29, 0.717) is 17.4 Å². The molecule has 0 radical (unpaired) electrons. The summed E-state index contributed by atoms with van der Waals surface area (Å²) in [6.45, 7) is 10.7. The van der Waals surface area contributed by atoms with Crippen molar-refractivity contribution in [2.24, 2.45) is 11.8 Å². The van der Waals surface area contributed by atoms with E-state index in [9.17, 15) is 5.26 Å². The van der Waals surface area contributed by atoms with Gasteiger partial charge in [-0.3, -0.25) is 0 Å². The van der Waals surface area contributed by atoms with Crippen LogP contribution in [0.1, 0.15) is 46.1 Å². The molecule has 0 aliphatic heterocycles. The smallest absolute Gasteiger partial charge is 0.169 e. The van der Waals surface area contributed by atoms with Gasteiger partial charge in [0.2, 0.25) is 0 Å². The van der Waals surface area contributed by atoms with Crippen molar-refractivity contribution in [1.82, 2.24) is 10.2 Å². The summed E-state index contributed by atoms with van der Waals surface area (Å²) in [7, 11) is 0. The lowest BCUT2D eigenvalue weighted by Gasteiger charge is -2.25. The fourth-order valence-electron chi connectivity index (χ4n) is 1.80. The highest BCUT2D eigenvalue weighted by molar-refractivity contribution is 5.52. The third-order valence-electron chi connectivity index (χ3n) is 3.07. The van der Waals surface area contributed by atoms with Gasteiger partial charge in [-0.2, -0.15) is 10.4 Å². The molecular formula is C15H24N4. The Kier molecular flexibility index (Phi) is 6.27. The molecular weight excluding hydrogens is 236 g/mol. The largest absolute Gasteiger partial charge is 0.354 e. The predicted molar refractivity (Wildman–Crippen MR) is 77.9 cm³/mol. The number of anilines is 1. The van der Waals surface area contributed by atoms with Gasteiger partial charge in [0.1, 0.15) is 6.07 Å². The van der Waals surface area contributed by atoms with Crippen molar-refractivity contribution in [3.05, 3.63) is 17.8 Å². The van der Waals surface area contributed by atoms with E-state index < -0.39 is 0 Å². The van der Waals surface area contributed by atoms with Crippen molar-refractivity contribution in [2.75, 3.05) is 18.0 Å². The molecule has 0 aromatic carbocycles. The number of nitrogens with zero attached hydrogens (tertiary/aromatic N) is 4. The molecule has 0 unspecified atom stereocenters. The van der Waals surface area contributed by atoms with E-state index in [1.54, 1.807) is 12.3 Å². The molecule has 19 heavy (non-hydrogen) atoms. The van der Waals surface area contributed by atoms with Gasteiger partial charge in [0.15, 0.2) is 5.82 Å². The highest BCUT2D eigenvalue weighted by Crippen LogP contribution is 2.18. The van der Waals surface area contributed by atoms with Crippen LogP contribution in [0.4, 0.5) is 5.82 Å². The normalized spacial score (nSPS) is 10.8. The van der Waals surface area contributed by atoms with E-state index >= 15 is 0 Å². The van der Waals surface area contributed by atoms with E-state index in [1.165, 1.54) is 0 Å². The topological polar surface area (TPSA) is 52.8 Å². The van der Waals surface area contributed by atoms with Crippen LogP contribution in [0.25, 0.3) is 0 Å². The molecule has 1 heterocycles. The second-order valence-corrected chi connectivity index (χ2v) is 5.73. The van der Waals surface area contributed by atoms with Crippen LogP contribution in [0, 0.1) is 23.2 Å². The summed E-state index contributed by atoms with van der Waals surface area (Å²) in [5.74, 6) is 2.01. The summed E-state index contributed by atoms with van der Waals surface area (Å²) in [6.07, 6.45) is 3.77. The maximum Gasteiger partial charge on any atom is 0.169 e. The Hall–Kier alpha value is -1.63. The lowest BCUT2D eigenvalue weighted by molar-refractivity contribution is 0.531. The van der Waals surface area contributed by atoms with Gasteiger partial charge in [-0.05, 0) is 30.7 Å². The molecule has 0 N–H and O–H groups in total. The van der Waals surface area contributed by atoms with E-state index in [2.05, 4.69) is 48.9 Å². The number of rotatable bonds is 7. The van der Waals surface area contributed by atoms with Crippen molar-refractivity contribution in [3.8, 4) is 6.07 Å². The second kappa shape index (κ2) is 7.73. The van der Waals surface area contributed by atoms with E-state index in [4.69, 9.17) is 0 Å². The van der Waals surface area contributed by atoms with Gasteiger partial charge in [-0.15, -0.1) is 5.10 Å². The van der Waals surface area contributed by atoms with Crippen LogP contribution in [0.3, 0.4) is 0 Å². The van der Waals surface area contributed by atoms with Gasteiger partial charge in [-0.25, -0.2) is 0 Å². The fourth-order valence-corrected chi connectivity index (χ4v) is 1.80. The Labute approximate surface area is 116 Å². The molecule has 4 heteroatoms. The number of nitriles is 1. The van der Waals surface area contributed by atoms with Crippen LogP contribution in [0.15, 0.2) is 12.3 Å². The van der Waals surface area contributed by atoms with Crippen LogP contribution in [0.5, 0.6) is 0 Å². The summed E-state index contributed by atoms with van der Waals surface area (Å²) in [5, 5.41) is 17.3. The molecule has 1 rings (SSSR count). The first kappa shape index (κ1) is 15.4. The summed E-state index contributed by atoms with van der Waals surface area (Å²) in [4.78, 5) is 2.20. The van der Waals surface area contributed by atoms with Crippen molar-refractivity contribution in [2.45, 2.75) is 40.5 Å². The zero-order chi connectivity index (χ0) is 14.3. The third-order valence-corrected chi connectivity index (χ3v) is 3.07. The lowest BCUT2D eigenvalue weighted by Crippen LogP contribution is -2.29. The molecule has 0 bridgehead atoms. The second-order valence-electron chi connectivity index (χ2n) is 5.73. The molecule has 0 saturated heterocycles. The van der Waals surface area contributed by atoms with Gasteiger partial charge < -0.3 is 4.90 Å². The van der Waals surface area contributed by atoms with Crippen molar-refractivity contribution >= 4 is 5.82 Å². The summed E-state index contributed by atoms with van der Waals surface area (Å²) in [6, 6.07) is 3.94. The highest BCUT2D eigenvalue weighted by atomic mass is 15.3. The summed E-state index contributed by atoms with van der Waals surface area (Å²) < 4.78 is 0. The minimum absolute atomic E-state index is 0.613. The Morgan fingerprint density at radius 2 is 1.74 bits per heavy atom. The van der Waals surface area contributed by atoms with E-state index in [1.807, 2.05) is 0 Å². The number of aromatic nitrogens is 2. The molecule has 4 nitrogen and oxygen atoms in total. The Balaban J connectivity index is 2.84. The summed E-state index contributed by atoms with van der Waals surface area (Å²) in [5.41, 5.74) is 0.613. The van der Waals surface area contributed by atoms with Gasteiger partial charge in [0, 0.05) is 13.1 Å². The summed E-state index contributed by atoms with van der Waals surface area (Å²) >= 11 is 0. The average molecular weight is 260 g/mol. The van der Waals surface area contributed by atoms with E-state index in [0.717, 1.165) is 31.7 Å². The molecule has 0 fully saturated rings. The number of hydrogen-bond donors (Lipinski definition) is 0. The first-order valence-corrected chi connectivity index (χ1v) is 7.01. The van der Waals surface area contributed by atoms with Crippen molar-refractivity contribution < 1.29 is 0 Å². The minimum atomic E-state index is 0.613. The standard InChI is InChI=1S/C15H24N4/c1-12(2)6-9-19(10-7-13(3)4)15-14(11-16)5-8-17-18-15/h5,8,12-13H,6-7,9-10H2,1-4H3. The first-order chi connectivity index (χ1) is 9.04. The van der Waals surface area contributed by atoms with Crippen molar-refractivity contribution in [3.63, 3.8) is 0 Å². The maximum absolute atomic E-state index is 9.18. The predicted octanol–water partition coefficient (Wildman–Crippen LogP) is 3.25. The minimum Gasteiger partial charge on any atom is -0.354 e. The molecule has 0 amide bonds. The fraction of sp³-hybridized carbons (Fsp3) is 0.667. The lowest BCUT2D eigenvalue weighted by atomic mass is 10.1. The van der Waals surface area contributed by atoms with Crippen LogP contribution in [0.2, 0.25) is 0 Å². The zero-order valence-electron chi connectivity index (χ0n) is 12.4. The Morgan fingerprint density at radius 1 is 1.16 bits per heavy atom. The van der Waals surface area contributed by atoms with Crippen LogP contribution in [-0.4, -0.2) is 23.3 Å². The van der Waals surface area contributed by atoms with Gasteiger partial charge in [0.05, 0.1) is 11.8 Å². The molecule has 104 valence electrons. The third kappa shape index (κ3) is 5.25. The Morgan fingerprint density at radius 3 is 2.21 bits per heavy atom. The van der Waals surface area contributed by atoms with Crippen LogP contribution in [-0.2, 0) is 0 Å². The molecule has 0 spiro atoms. The Bertz CT molecular complexity index is 408. The average Bonchev–Trinajstić information content (AvgIpc) is 2.38. The maximum atomic E-state index is 9.18. The van der Waals surface area contributed by atoms with Crippen LogP contribution < -0.4 is 4.90 Å². The van der Waals surface area contributed by atoms with Gasteiger partial charge in [0.25, 0.3) is 0 Å². The monoisotopic (exact) mass is 260 g/mol. The zero-order valence-corrected chi connectivity index (χ0v) is 12.4. The van der Waals surface area contributed by atoms with Gasteiger partial charge >= 0.3 is 0 Å². The first-order valence-electron chi connectivity index (χ1n) is 7.01. The highest BCUT2D eigenvalue weighted by Gasteiger charge is 2.14. The SMILES string of the molecule is CC(C)CCN(CCC(C)C)c1nnccc1C#N. The molecule has 1 aromatic heterocycles.